The lowest BCUT2D eigenvalue weighted by Gasteiger charge is -2.04. The first-order valence-corrected chi connectivity index (χ1v) is 6.07. The molecule has 0 spiro atoms. The molecule has 1 heterocycles. The van der Waals surface area contributed by atoms with Crippen molar-refractivity contribution in [1.29, 1.82) is 0 Å². The molecule has 5 nitrogen and oxygen atoms in total. The lowest BCUT2D eigenvalue weighted by atomic mass is 10.4. The summed E-state index contributed by atoms with van der Waals surface area (Å²) in [6, 6.07) is 8.09. The summed E-state index contributed by atoms with van der Waals surface area (Å²) in [7, 11) is -3.58. The fourth-order valence-electron chi connectivity index (χ4n) is 1.17. The molecule has 0 unspecified atom stereocenters. The smallest absolute Gasteiger partial charge is 0.263 e. The number of rotatable bonds is 3. The number of anilines is 1. The van der Waals surface area contributed by atoms with E-state index in [2.05, 4.69) is 14.4 Å². The molecule has 0 atom stereocenters. The Morgan fingerprint density at radius 1 is 1.25 bits per heavy atom. The lowest BCUT2D eigenvalue weighted by molar-refractivity contribution is 0.422. The minimum absolute atomic E-state index is 0.192. The highest BCUT2D eigenvalue weighted by molar-refractivity contribution is 7.92. The Hall–Kier alpha value is -1.82. The van der Waals surface area contributed by atoms with E-state index in [-0.39, 0.29) is 10.7 Å². The molecule has 0 saturated carbocycles. The molecule has 0 fully saturated rings. The van der Waals surface area contributed by atoms with Crippen LogP contribution in [0.4, 0.5) is 5.82 Å². The minimum atomic E-state index is -3.58. The van der Waals surface area contributed by atoms with Crippen LogP contribution in [0.15, 0.2) is 46.0 Å². The molecule has 1 N–H and O–H groups in total. The van der Waals surface area contributed by atoms with E-state index in [0.717, 1.165) is 0 Å². The molecular weight excluding hydrogens is 228 g/mol. The second-order valence-corrected chi connectivity index (χ2v) is 4.95. The van der Waals surface area contributed by atoms with E-state index in [9.17, 15) is 8.42 Å². The number of hydrogen-bond acceptors (Lipinski definition) is 4. The largest absolute Gasteiger partial charge is 0.362 e. The van der Waals surface area contributed by atoms with Crippen molar-refractivity contribution in [2.24, 2.45) is 0 Å². The molecule has 0 aliphatic rings. The SMILES string of the molecule is Cc1conc1NS(=O)(=O)c1ccccc1. The van der Waals surface area contributed by atoms with Crippen molar-refractivity contribution in [3.8, 4) is 0 Å². The van der Waals surface area contributed by atoms with Crippen LogP contribution in [0.2, 0.25) is 0 Å². The molecule has 0 aliphatic carbocycles. The molecular formula is C10H10N2O3S. The Bertz CT molecular complexity index is 575. The topological polar surface area (TPSA) is 72.2 Å². The van der Waals surface area contributed by atoms with Crippen molar-refractivity contribution in [3.05, 3.63) is 42.2 Å². The average Bonchev–Trinajstić information content (AvgIpc) is 2.65. The van der Waals surface area contributed by atoms with Gasteiger partial charge in [0.2, 0.25) is 0 Å². The van der Waals surface area contributed by atoms with Crippen LogP contribution in [0.3, 0.4) is 0 Å². The van der Waals surface area contributed by atoms with Crippen LogP contribution < -0.4 is 4.72 Å². The minimum Gasteiger partial charge on any atom is -0.362 e. The fourth-order valence-corrected chi connectivity index (χ4v) is 2.26. The van der Waals surface area contributed by atoms with E-state index in [1.165, 1.54) is 18.4 Å². The number of nitrogens with one attached hydrogen (secondary N) is 1. The summed E-state index contributed by atoms with van der Waals surface area (Å²) in [5.74, 6) is 0.212. The van der Waals surface area contributed by atoms with Gasteiger partial charge in [-0.1, -0.05) is 23.4 Å². The number of sulfonamides is 1. The molecule has 0 bridgehead atoms. The fraction of sp³-hybridized carbons (Fsp3) is 0.100. The normalized spacial score (nSPS) is 11.3. The molecule has 0 aliphatic heterocycles. The van der Waals surface area contributed by atoms with Crippen molar-refractivity contribution >= 4 is 15.8 Å². The Balaban J connectivity index is 2.32. The van der Waals surface area contributed by atoms with Gasteiger partial charge in [-0.15, -0.1) is 0 Å². The van der Waals surface area contributed by atoms with Gasteiger partial charge >= 0.3 is 0 Å². The zero-order chi connectivity index (χ0) is 11.6. The van der Waals surface area contributed by atoms with Gasteiger partial charge in [-0.25, -0.2) is 8.42 Å². The zero-order valence-electron chi connectivity index (χ0n) is 8.54. The molecule has 1 aromatic carbocycles. The third-order valence-corrected chi connectivity index (χ3v) is 3.39. The van der Waals surface area contributed by atoms with E-state index in [4.69, 9.17) is 0 Å². The van der Waals surface area contributed by atoms with Crippen LogP contribution in [0.1, 0.15) is 5.56 Å². The maximum Gasteiger partial charge on any atom is 0.263 e. The molecule has 0 saturated heterocycles. The summed E-state index contributed by atoms with van der Waals surface area (Å²) < 4.78 is 30.7. The number of benzene rings is 1. The monoisotopic (exact) mass is 238 g/mol. The van der Waals surface area contributed by atoms with Gasteiger partial charge in [-0.05, 0) is 19.1 Å². The number of aryl methyl sites for hydroxylation is 1. The molecule has 84 valence electrons. The Morgan fingerprint density at radius 3 is 2.50 bits per heavy atom. The van der Waals surface area contributed by atoms with Crippen molar-refractivity contribution in [2.75, 3.05) is 4.72 Å². The highest BCUT2D eigenvalue weighted by Gasteiger charge is 2.16. The molecule has 6 heteroatoms. The van der Waals surface area contributed by atoms with Gasteiger partial charge in [0.25, 0.3) is 10.0 Å². The van der Waals surface area contributed by atoms with Crippen molar-refractivity contribution in [3.63, 3.8) is 0 Å². The highest BCUT2D eigenvalue weighted by atomic mass is 32.2. The van der Waals surface area contributed by atoms with Gasteiger partial charge in [0.05, 0.1) is 4.90 Å². The summed E-state index contributed by atoms with van der Waals surface area (Å²) in [6.07, 6.45) is 1.38. The van der Waals surface area contributed by atoms with Crippen molar-refractivity contribution in [1.82, 2.24) is 5.16 Å². The van der Waals surface area contributed by atoms with Gasteiger partial charge in [0.1, 0.15) is 6.26 Å². The highest BCUT2D eigenvalue weighted by Crippen LogP contribution is 2.17. The first kappa shape index (κ1) is 10.7. The second-order valence-electron chi connectivity index (χ2n) is 3.26. The Kier molecular flexibility index (Phi) is 2.66. The molecule has 0 radical (unpaired) electrons. The van der Waals surface area contributed by atoms with E-state index >= 15 is 0 Å². The summed E-state index contributed by atoms with van der Waals surface area (Å²) in [5, 5.41) is 3.56. The lowest BCUT2D eigenvalue weighted by Crippen LogP contribution is -2.13. The summed E-state index contributed by atoms with van der Waals surface area (Å²) in [6.45, 7) is 1.71. The van der Waals surface area contributed by atoms with E-state index in [1.54, 1.807) is 25.1 Å². The van der Waals surface area contributed by atoms with Gasteiger partial charge in [0.15, 0.2) is 5.82 Å². The van der Waals surface area contributed by atoms with Crippen LogP contribution in [0.25, 0.3) is 0 Å². The molecule has 1 aromatic heterocycles. The number of aromatic nitrogens is 1. The average molecular weight is 238 g/mol. The van der Waals surface area contributed by atoms with Crippen molar-refractivity contribution in [2.45, 2.75) is 11.8 Å². The van der Waals surface area contributed by atoms with E-state index in [1.807, 2.05) is 0 Å². The molecule has 0 amide bonds. The summed E-state index contributed by atoms with van der Waals surface area (Å²) in [5.41, 5.74) is 0.638. The third-order valence-electron chi connectivity index (χ3n) is 2.03. The summed E-state index contributed by atoms with van der Waals surface area (Å²) >= 11 is 0. The van der Waals surface area contributed by atoms with Crippen LogP contribution in [-0.4, -0.2) is 13.6 Å². The maximum atomic E-state index is 11.9. The van der Waals surface area contributed by atoms with Crippen LogP contribution in [0, 0.1) is 6.92 Å². The Morgan fingerprint density at radius 2 is 1.94 bits per heavy atom. The van der Waals surface area contributed by atoms with Gasteiger partial charge in [-0.3, -0.25) is 4.72 Å². The first-order valence-electron chi connectivity index (χ1n) is 4.58. The van der Waals surface area contributed by atoms with Gasteiger partial charge < -0.3 is 4.52 Å². The van der Waals surface area contributed by atoms with Gasteiger partial charge in [-0.2, -0.15) is 0 Å². The maximum absolute atomic E-state index is 11.9. The Labute approximate surface area is 93.1 Å². The third kappa shape index (κ3) is 2.06. The predicted molar refractivity (Wildman–Crippen MR) is 58.5 cm³/mol. The summed E-state index contributed by atoms with van der Waals surface area (Å²) in [4.78, 5) is 0.192. The number of nitrogens with zero attached hydrogens (tertiary/aromatic N) is 1. The second kappa shape index (κ2) is 3.97. The van der Waals surface area contributed by atoms with Crippen LogP contribution in [0.5, 0.6) is 0 Å². The zero-order valence-corrected chi connectivity index (χ0v) is 9.36. The molecule has 2 rings (SSSR count). The van der Waals surface area contributed by atoms with Crippen LogP contribution in [-0.2, 0) is 10.0 Å². The molecule has 16 heavy (non-hydrogen) atoms. The predicted octanol–water partition coefficient (Wildman–Crippen LogP) is 1.78. The van der Waals surface area contributed by atoms with E-state index < -0.39 is 10.0 Å². The number of hydrogen-bond donors (Lipinski definition) is 1. The van der Waals surface area contributed by atoms with E-state index in [0.29, 0.717) is 5.56 Å². The van der Waals surface area contributed by atoms with Gasteiger partial charge in [0, 0.05) is 5.56 Å². The van der Waals surface area contributed by atoms with Crippen LogP contribution >= 0.6 is 0 Å². The quantitative estimate of drug-likeness (QED) is 0.884. The van der Waals surface area contributed by atoms with Crippen molar-refractivity contribution < 1.29 is 12.9 Å². The first-order chi connectivity index (χ1) is 7.59. The standard InChI is InChI=1S/C10H10N2O3S/c1-8-7-15-11-10(8)12-16(13,14)9-5-3-2-4-6-9/h2-7H,1H3,(H,11,12). The molecule has 2 aromatic rings.